The lowest BCUT2D eigenvalue weighted by Crippen LogP contribution is -2.30. The van der Waals surface area contributed by atoms with Crippen LogP contribution in [0.3, 0.4) is 0 Å². The van der Waals surface area contributed by atoms with E-state index in [1.54, 1.807) is 12.1 Å². The molecular formula is C22H20N2O5S2. The molecule has 3 aromatic rings. The molecule has 1 saturated heterocycles. The normalized spacial score (nSPS) is 18.5. The van der Waals surface area contributed by atoms with Crippen LogP contribution in [0.5, 0.6) is 5.75 Å². The highest BCUT2D eigenvalue weighted by atomic mass is 32.2. The van der Waals surface area contributed by atoms with Crippen LogP contribution >= 0.6 is 11.8 Å². The van der Waals surface area contributed by atoms with Crippen molar-refractivity contribution < 1.29 is 18.1 Å². The second-order valence-electron chi connectivity index (χ2n) is 7.59. The van der Waals surface area contributed by atoms with Crippen molar-refractivity contribution in [2.24, 2.45) is 0 Å². The molecule has 31 heavy (non-hydrogen) atoms. The van der Waals surface area contributed by atoms with E-state index >= 15 is 0 Å². The van der Waals surface area contributed by atoms with Crippen molar-refractivity contribution in [3.8, 4) is 5.75 Å². The molecule has 0 N–H and O–H groups in total. The maximum atomic E-state index is 13.8. The van der Waals surface area contributed by atoms with Crippen LogP contribution in [-0.2, 0) is 22.9 Å². The van der Waals surface area contributed by atoms with Crippen LogP contribution in [0, 0.1) is 10.1 Å². The smallest absolute Gasteiger partial charge is 0.311 e. The zero-order chi connectivity index (χ0) is 21.8. The number of rotatable bonds is 5. The molecule has 7 nitrogen and oxygen atoms in total. The summed E-state index contributed by atoms with van der Waals surface area (Å²) in [5, 5.41) is 12.7. The largest absolute Gasteiger partial charge is 0.490 e. The summed E-state index contributed by atoms with van der Waals surface area (Å²) >= 11 is 1.47. The zero-order valence-electron chi connectivity index (χ0n) is 16.8. The number of sulfonamides is 1. The molecule has 0 amide bonds. The monoisotopic (exact) mass is 456 g/mol. The number of methoxy groups -OCH3 is 1. The van der Waals surface area contributed by atoms with Gasteiger partial charge in [-0.15, -0.1) is 11.8 Å². The topological polar surface area (TPSA) is 89.8 Å². The summed E-state index contributed by atoms with van der Waals surface area (Å²) in [5.74, 6) is 0.768. The Kier molecular flexibility index (Phi) is 4.91. The van der Waals surface area contributed by atoms with Gasteiger partial charge in [0.05, 0.1) is 22.3 Å². The number of nitro groups is 1. The molecule has 0 saturated carbocycles. The number of aryl methyl sites for hydroxylation is 2. The lowest BCUT2D eigenvalue weighted by Gasteiger charge is -2.24. The molecule has 9 heteroatoms. The second-order valence-corrected chi connectivity index (χ2v) is 10.6. The number of nitrogens with zero attached hydrogens (tertiary/aromatic N) is 2. The third kappa shape index (κ3) is 3.19. The molecule has 0 spiro atoms. The first-order valence-corrected chi connectivity index (χ1v) is 12.4. The Bertz CT molecular complexity index is 1310. The van der Waals surface area contributed by atoms with Gasteiger partial charge in [0, 0.05) is 23.8 Å². The second kappa shape index (κ2) is 7.51. The molecule has 1 unspecified atom stereocenters. The average Bonchev–Trinajstić information content (AvgIpc) is 3.42. The maximum Gasteiger partial charge on any atom is 0.311 e. The van der Waals surface area contributed by atoms with Crippen LogP contribution in [0.2, 0.25) is 0 Å². The third-order valence-corrected chi connectivity index (χ3v) is 9.27. The fraction of sp³-hybridized carbons (Fsp3) is 0.273. The van der Waals surface area contributed by atoms with Gasteiger partial charge in [0.1, 0.15) is 0 Å². The van der Waals surface area contributed by atoms with E-state index in [9.17, 15) is 18.5 Å². The van der Waals surface area contributed by atoms with Crippen LogP contribution < -0.4 is 4.74 Å². The summed E-state index contributed by atoms with van der Waals surface area (Å²) in [5.41, 5.74) is 2.77. The lowest BCUT2D eigenvalue weighted by molar-refractivity contribution is -0.385. The first-order chi connectivity index (χ1) is 14.9. The van der Waals surface area contributed by atoms with Gasteiger partial charge >= 0.3 is 5.69 Å². The van der Waals surface area contributed by atoms with E-state index in [1.807, 2.05) is 18.2 Å². The molecule has 0 aromatic heterocycles. The number of hydrogen-bond donors (Lipinski definition) is 0. The van der Waals surface area contributed by atoms with Crippen LogP contribution in [-0.4, -0.2) is 37.1 Å². The summed E-state index contributed by atoms with van der Waals surface area (Å²) in [7, 11) is -2.43. The minimum absolute atomic E-state index is 0.152. The van der Waals surface area contributed by atoms with Crippen molar-refractivity contribution in [1.82, 2.24) is 4.31 Å². The number of thioether (sulfide) groups is 1. The number of ether oxygens (including phenoxy) is 1. The van der Waals surface area contributed by atoms with E-state index in [-0.39, 0.29) is 11.4 Å². The summed E-state index contributed by atoms with van der Waals surface area (Å²) in [6.07, 6.45) is 1.85. The molecule has 0 radical (unpaired) electrons. The molecule has 1 aliphatic heterocycles. The van der Waals surface area contributed by atoms with Gasteiger partial charge in [-0.2, -0.15) is 4.31 Å². The Balaban J connectivity index is 1.60. The quantitative estimate of drug-likeness (QED) is 0.420. The van der Waals surface area contributed by atoms with Gasteiger partial charge in [-0.25, -0.2) is 8.42 Å². The van der Waals surface area contributed by atoms with E-state index in [2.05, 4.69) is 6.07 Å². The minimum atomic E-state index is -3.81. The molecule has 2 aliphatic rings. The van der Waals surface area contributed by atoms with Crippen molar-refractivity contribution in [3.05, 3.63) is 75.3 Å². The average molecular weight is 457 g/mol. The molecule has 3 aromatic carbocycles. The Labute approximate surface area is 184 Å². The fourth-order valence-electron chi connectivity index (χ4n) is 4.54. The number of nitro benzene ring substituents is 1. The first-order valence-electron chi connectivity index (χ1n) is 9.91. The van der Waals surface area contributed by atoms with Crippen molar-refractivity contribution in [2.45, 2.75) is 23.1 Å². The van der Waals surface area contributed by atoms with Gasteiger partial charge < -0.3 is 4.74 Å². The van der Waals surface area contributed by atoms with Crippen molar-refractivity contribution >= 4 is 38.2 Å². The van der Waals surface area contributed by atoms with Crippen molar-refractivity contribution in [3.63, 3.8) is 0 Å². The van der Waals surface area contributed by atoms with Gasteiger partial charge in [-0.05, 0) is 47.1 Å². The zero-order valence-corrected chi connectivity index (χ0v) is 18.4. The third-order valence-electron chi connectivity index (χ3n) is 5.96. The molecule has 160 valence electrons. The molecule has 1 aliphatic carbocycles. The Morgan fingerprint density at radius 1 is 1.13 bits per heavy atom. The molecule has 0 bridgehead atoms. The lowest BCUT2D eigenvalue weighted by atomic mass is 10.1. The van der Waals surface area contributed by atoms with E-state index in [4.69, 9.17) is 4.74 Å². The Hall–Kier alpha value is -2.62. The SMILES string of the molecule is COc1ccc(C2SCCN2S(=O)(=O)c2ccc3c4c(cccc24)CC3)cc1[N+](=O)[O-]. The highest BCUT2D eigenvalue weighted by Crippen LogP contribution is 2.45. The number of hydrogen-bond acceptors (Lipinski definition) is 6. The molecule has 1 atom stereocenters. The van der Waals surface area contributed by atoms with Gasteiger partial charge in [0.25, 0.3) is 0 Å². The first kappa shape index (κ1) is 20.3. The predicted molar refractivity (Wildman–Crippen MR) is 120 cm³/mol. The van der Waals surface area contributed by atoms with Gasteiger partial charge in [-0.3, -0.25) is 10.1 Å². The molecular weight excluding hydrogens is 436 g/mol. The highest BCUT2D eigenvalue weighted by molar-refractivity contribution is 8.01. The van der Waals surface area contributed by atoms with E-state index in [0.717, 1.165) is 23.6 Å². The predicted octanol–water partition coefficient (Wildman–Crippen LogP) is 4.29. The molecule has 1 fully saturated rings. The van der Waals surface area contributed by atoms with Gasteiger partial charge in [-0.1, -0.05) is 30.3 Å². The Morgan fingerprint density at radius 3 is 2.65 bits per heavy atom. The Morgan fingerprint density at radius 2 is 1.90 bits per heavy atom. The van der Waals surface area contributed by atoms with Gasteiger partial charge in [0.15, 0.2) is 5.75 Å². The van der Waals surface area contributed by atoms with Crippen LogP contribution in [0.15, 0.2) is 53.4 Å². The maximum absolute atomic E-state index is 13.8. The molecule has 5 rings (SSSR count). The minimum Gasteiger partial charge on any atom is -0.490 e. The van der Waals surface area contributed by atoms with E-state index in [0.29, 0.717) is 22.8 Å². The van der Waals surface area contributed by atoms with Crippen LogP contribution in [0.1, 0.15) is 22.1 Å². The fourth-order valence-corrected chi connectivity index (χ4v) is 7.96. The van der Waals surface area contributed by atoms with E-state index < -0.39 is 20.3 Å². The summed E-state index contributed by atoms with van der Waals surface area (Å²) in [6, 6.07) is 14.1. The number of benzene rings is 3. The summed E-state index contributed by atoms with van der Waals surface area (Å²) in [4.78, 5) is 11.2. The van der Waals surface area contributed by atoms with Crippen molar-refractivity contribution in [2.75, 3.05) is 19.4 Å². The summed E-state index contributed by atoms with van der Waals surface area (Å²) in [6.45, 7) is 0.348. The van der Waals surface area contributed by atoms with Crippen LogP contribution in [0.25, 0.3) is 10.8 Å². The standard InChI is InChI=1S/C22H20N2O5S2/c1-29-19-9-7-16(13-18(19)24(25)26)22-23(11-12-30-22)31(27,28)20-10-8-15-6-5-14-3-2-4-17(20)21(14)15/h2-4,7-10,13,22H,5-6,11-12H2,1H3. The van der Waals surface area contributed by atoms with Crippen LogP contribution in [0.4, 0.5) is 5.69 Å². The van der Waals surface area contributed by atoms with Crippen molar-refractivity contribution in [1.29, 1.82) is 0 Å². The summed E-state index contributed by atoms with van der Waals surface area (Å²) < 4.78 is 34.1. The highest BCUT2D eigenvalue weighted by Gasteiger charge is 2.39. The van der Waals surface area contributed by atoms with E-state index in [1.165, 1.54) is 46.4 Å². The molecule has 1 heterocycles. The van der Waals surface area contributed by atoms with Gasteiger partial charge in [0.2, 0.25) is 10.0 Å².